The number of benzene rings is 2. The third-order valence-corrected chi connectivity index (χ3v) is 4.64. The Bertz CT molecular complexity index is 815. The summed E-state index contributed by atoms with van der Waals surface area (Å²) in [5.41, 5.74) is -0.0942. The standard InChI is InChI=1S/C21H23N3O4/c1-15(14-28-2)22-18(25)13-24-19(26)21(23-20(24)27,16-9-5-3-6-10-16)17-11-7-4-8-12-17/h3-12,15H,13-14H2,1-2H3,(H,22,25)(H,23,27)/t15-/m1/s1. The van der Waals surface area contributed by atoms with Gasteiger partial charge in [0.05, 0.1) is 6.61 Å². The van der Waals surface area contributed by atoms with E-state index < -0.39 is 23.4 Å². The zero-order valence-corrected chi connectivity index (χ0v) is 15.8. The fourth-order valence-corrected chi connectivity index (χ4v) is 3.41. The van der Waals surface area contributed by atoms with E-state index in [1.807, 2.05) is 12.1 Å². The number of rotatable bonds is 7. The van der Waals surface area contributed by atoms with Gasteiger partial charge in [0.1, 0.15) is 6.54 Å². The molecule has 3 rings (SSSR count). The van der Waals surface area contributed by atoms with Crippen LogP contribution >= 0.6 is 0 Å². The molecule has 0 spiro atoms. The van der Waals surface area contributed by atoms with Gasteiger partial charge in [0.15, 0.2) is 5.54 Å². The molecule has 1 heterocycles. The summed E-state index contributed by atoms with van der Waals surface area (Å²) >= 11 is 0. The number of urea groups is 1. The topological polar surface area (TPSA) is 87.7 Å². The highest BCUT2D eigenvalue weighted by molar-refractivity contribution is 6.11. The van der Waals surface area contributed by atoms with Crippen molar-refractivity contribution >= 4 is 17.8 Å². The van der Waals surface area contributed by atoms with Crippen molar-refractivity contribution in [2.75, 3.05) is 20.3 Å². The number of nitrogens with zero attached hydrogens (tertiary/aromatic N) is 1. The highest BCUT2D eigenvalue weighted by Crippen LogP contribution is 2.35. The minimum atomic E-state index is -1.36. The molecule has 28 heavy (non-hydrogen) atoms. The second kappa shape index (κ2) is 8.22. The van der Waals surface area contributed by atoms with Crippen LogP contribution in [0.15, 0.2) is 60.7 Å². The molecule has 0 bridgehead atoms. The number of hydrogen-bond acceptors (Lipinski definition) is 4. The number of carbonyl (C=O) groups is 3. The predicted octanol–water partition coefficient (Wildman–Crippen LogP) is 1.63. The summed E-state index contributed by atoms with van der Waals surface area (Å²) in [5.74, 6) is -0.908. The summed E-state index contributed by atoms with van der Waals surface area (Å²) in [6.07, 6.45) is 0. The zero-order valence-electron chi connectivity index (χ0n) is 15.8. The number of methoxy groups -OCH3 is 1. The molecular formula is C21H23N3O4. The summed E-state index contributed by atoms with van der Waals surface area (Å²) < 4.78 is 4.99. The van der Waals surface area contributed by atoms with Gasteiger partial charge >= 0.3 is 6.03 Å². The van der Waals surface area contributed by atoms with Crippen molar-refractivity contribution in [1.29, 1.82) is 0 Å². The first-order valence-electron chi connectivity index (χ1n) is 9.02. The second-order valence-electron chi connectivity index (χ2n) is 6.73. The van der Waals surface area contributed by atoms with Crippen LogP contribution in [0.3, 0.4) is 0 Å². The van der Waals surface area contributed by atoms with Crippen molar-refractivity contribution in [2.45, 2.75) is 18.5 Å². The zero-order chi connectivity index (χ0) is 20.1. The van der Waals surface area contributed by atoms with E-state index in [-0.39, 0.29) is 12.6 Å². The molecule has 2 aromatic carbocycles. The van der Waals surface area contributed by atoms with Crippen molar-refractivity contribution in [2.24, 2.45) is 0 Å². The maximum Gasteiger partial charge on any atom is 0.326 e. The van der Waals surface area contributed by atoms with E-state index in [4.69, 9.17) is 4.74 Å². The number of hydrogen-bond donors (Lipinski definition) is 2. The van der Waals surface area contributed by atoms with E-state index in [9.17, 15) is 14.4 Å². The Labute approximate surface area is 163 Å². The lowest BCUT2D eigenvalue weighted by Crippen LogP contribution is -2.47. The molecular weight excluding hydrogens is 358 g/mol. The lowest BCUT2D eigenvalue weighted by atomic mass is 9.82. The molecule has 0 aliphatic carbocycles. The van der Waals surface area contributed by atoms with Crippen LogP contribution in [0.1, 0.15) is 18.1 Å². The summed E-state index contributed by atoms with van der Waals surface area (Å²) in [7, 11) is 1.54. The van der Waals surface area contributed by atoms with Gasteiger partial charge in [-0.25, -0.2) is 4.79 Å². The van der Waals surface area contributed by atoms with E-state index >= 15 is 0 Å². The Balaban J connectivity index is 1.92. The van der Waals surface area contributed by atoms with Gasteiger partial charge in [-0.05, 0) is 18.1 Å². The van der Waals surface area contributed by atoms with Gasteiger partial charge in [0.2, 0.25) is 5.91 Å². The lowest BCUT2D eigenvalue weighted by Gasteiger charge is -2.28. The van der Waals surface area contributed by atoms with Gasteiger partial charge in [0, 0.05) is 13.2 Å². The maximum atomic E-state index is 13.4. The smallest absolute Gasteiger partial charge is 0.326 e. The summed E-state index contributed by atoms with van der Waals surface area (Å²) in [6, 6.07) is 17.2. The Morgan fingerprint density at radius 2 is 1.61 bits per heavy atom. The molecule has 7 nitrogen and oxygen atoms in total. The van der Waals surface area contributed by atoms with Crippen LogP contribution in [0.2, 0.25) is 0 Å². The average molecular weight is 381 g/mol. The highest BCUT2D eigenvalue weighted by atomic mass is 16.5. The monoisotopic (exact) mass is 381 g/mol. The molecule has 0 aromatic heterocycles. The van der Waals surface area contributed by atoms with E-state index in [0.29, 0.717) is 17.7 Å². The van der Waals surface area contributed by atoms with Gasteiger partial charge in [-0.2, -0.15) is 0 Å². The van der Waals surface area contributed by atoms with Gasteiger partial charge in [-0.1, -0.05) is 60.7 Å². The van der Waals surface area contributed by atoms with Gasteiger partial charge in [-0.15, -0.1) is 0 Å². The Morgan fingerprint density at radius 1 is 1.07 bits per heavy atom. The summed E-state index contributed by atoms with van der Waals surface area (Å²) in [5, 5.41) is 5.53. The van der Waals surface area contributed by atoms with Crippen molar-refractivity contribution in [3.63, 3.8) is 0 Å². The fraction of sp³-hybridized carbons (Fsp3) is 0.286. The molecule has 1 atom stereocenters. The minimum Gasteiger partial charge on any atom is -0.383 e. The maximum absolute atomic E-state index is 13.4. The van der Waals surface area contributed by atoms with Crippen molar-refractivity contribution in [3.05, 3.63) is 71.8 Å². The third-order valence-electron chi connectivity index (χ3n) is 4.64. The highest BCUT2D eigenvalue weighted by Gasteiger charge is 2.54. The fourth-order valence-electron chi connectivity index (χ4n) is 3.41. The number of nitrogens with one attached hydrogen (secondary N) is 2. The molecule has 7 heteroatoms. The normalized spacial score (nSPS) is 16.6. The van der Waals surface area contributed by atoms with Gasteiger partial charge in [0.25, 0.3) is 5.91 Å². The van der Waals surface area contributed by atoms with Crippen LogP contribution in [-0.4, -0.2) is 49.0 Å². The van der Waals surface area contributed by atoms with Crippen molar-refractivity contribution in [1.82, 2.24) is 15.5 Å². The molecule has 1 aliphatic rings. The van der Waals surface area contributed by atoms with E-state index in [1.54, 1.807) is 55.5 Å². The van der Waals surface area contributed by atoms with Gasteiger partial charge in [-0.3, -0.25) is 14.5 Å². The first kappa shape index (κ1) is 19.6. The molecule has 1 fully saturated rings. The number of imide groups is 1. The largest absolute Gasteiger partial charge is 0.383 e. The van der Waals surface area contributed by atoms with Crippen LogP contribution in [0.4, 0.5) is 4.79 Å². The molecule has 1 saturated heterocycles. The van der Waals surface area contributed by atoms with Crippen LogP contribution in [0.5, 0.6) is 0 Å². The lowest BCUT2D eigenvalue weighted by molar-refractivity contribution is -0.134. The predicted molar refractivity (Wildman–Crippen MR) is 103 cm³/mol. The third kappa shape index (κ3) is 3.61. The van der Waals surface area contributed by atoms with Crippen LogP contribution in [-0.2, 0) is 19.9 Å². The van der Waals surface area contributed by atoms with Gasteiger partial charge < -0.3 is 15.4 Å². The first-order valence-corrected chi connectivity index (χ1v) is 9.02. The molecule has 2 N–H and O–H groups in total. The Kier molecular flexibility index (Phi) is 5.75. The molecule has 146 valence electrons. The van der Waals surface area contributed by atoms with Crippen molar-refractivity contribution in [3.8, 4) is 0 Å². The Hall–Kier alpha value is -3.19. The van der Waals surface area contributed by atoms with Crippen LogP contribution < -0.4 is 10.6 Å². The van der Waals surface area contributed by atoms with E-state index in [0.717, 1.165) is 4.90 Å². The molecule has 2 aromatic rings. The van der Waals surface area contributed by atoms with Crippen molar-refractivity contribution < 1.29 is 19.1 Å². The summed E-state index contributed by atoms with van der Waals surface area (Å²) in [6.45, 7) is 1.76. The number of amides is 4. The molecule has 4 amide bonds. The Morgan fingerprint density at radius 3 is 2.11 bits per heavy atom. The first-order chi connectivity index (χ1) is 13.5. The molecule has 1 aliphatic heterocycles. The van der Waals surface area contributed by atoms with E-state index in [1.165, 1.54) is 7.11 Å². The quantitative estimate of drug-likeness (QED) is 0.714. The SMILES string of the molecule is COC[C@@H](C)NC(=O)CN1C(=O)NC(c2ccccc2)(c2ccccc2)C1=O. The molecule has 0 unspecified atom stereocenters. The van der Waals surface area contributed by atoms with Crippen LogP contribution in [0.25, 0.3) is 0 Å². The summed E-state index contributed by atoms with van der Waals surface area (Å²) in [4.78, 5) is 39.4. The van der Waals surface area contributed by atoms with Crippen LogP contribution in [0, 0.1) is 0 Å². The molecule has 0 radical (unpaired) electrons. The number of ether oxygens (including phenoxy) is 1. The van der Waals surface area contributed by atoms with E-state index in [2.05, 4.69) is 10.6 Å². The molecule has 0 saturated carbocycles. The minimum absolute atomic E-state index is 0.230. The number of carbonyl (C=O) groups excluding carboxylic acids is 3. The second-order valence-corrected chi connectivity index (χ2v) is 6.73. The average Bonchev–Trinajstić information content (AvgIpc) is 2.95.